The van der Waals surface area contributed by atoms with E-state index in [4.69, 9.17) is 5.73 Å². The molecule has 130 valence electrons. The van der Waals surface area contributed by atoms with Gasteiger partial charge < -0.3 is 15.9 Å². The molecule has 0 saturated carbocycles. The van der Waals surface area contributed by atoms with Crippen molar-refractivity contribution in [1.82, 2.24) is 0 Å². The summed E-state index contributed by atoms with van der Waals surface area (Å²) in [5.41, 5.74) is 5.14. The lowest BCUT2D eigenvalue weighted by atomic mass is 9.97. The molecule has 0 atom stereocenters. The molecule has 0 amide bonds. The molecule has 0 saturated heterocycles. The minimum atomic E-state index is -1.12. The van der Waals surface area contributed by atoms with Crippen LogP contribution in [0.3, 0.4) is 0 Å². The third kappa shape index (κ3) is 12.6. The SMILES string of the molecule is CCCCCCCC[Si](C)(C)CCCC(N)(CO)CO.Cl. The van der Waals surface area contributed by atoms with Crippen LogP contribution in [0.4, 0.5) is 0 Å². The third-order valence-electron chi connectivity index (χ3n) is 4.37. The number of unbranched alkanes of at least 4 members (excludes halogenated alkanes) is 5. The van der Waals surface area contributed by atoms with E-state index in [2.05, 4.69) is 20.0 Å². The standard InChI is InChI=1S/C16H37NO2Si.ClH/c1-4-5-6-7-8-9-12-20(2,3)13-10-11-16(17,14-18)15-19;/h18-19H,4-15,17H2,1-3H3;1H. The fourth-order valence-corrected chi connectivity index (χ4v) is 5.23. The van der Waals surface area contributed by atoms with Gasteiger partial charge in [-0.25, -0.2) is 0 Å². The third-order valence-corrected chi connectivity index (χ3v) is 7.78. The maximum absolute atomic E-state index is 9.19. The Bertz CT molecular complexity index is 236. The molecule has 0 aromatic heterocycles. The molecule has 0 radical (unpaired) electrons. The first kappa shape index (κ1) is 23.7. The van der Waals surface area contributed by atoms with Gasteiger partial charge in [-0.3, -0.25) is 0 Å². The molecule has 0 fully saturated rings. The Balaban J connectivity index is 0. The lowest BCUT2D eigenvalue weighted by Crippen LogP contribution is -2.47. The average molecular weight is 340 g/mol. The molecule has 0 aromatic carbocycles. The summed E-state index contributed by atoms with van der Waals surface area (Å²) in [5.74, 6) is 0. The van der Waals surface area contributed by atoms with Crippen molar-refractivity contribution in [2.45, 2.75) is 89.0 Å². The summed E-state index contributed by atoms with van der Waals surface area (Å²) in [4.78, 5) is 0. The minimum absolute atomic E-state index is 0. The minimum Gasteiger partial charge on any atom is -0.394 e. The van der Waals surface area contributed by atoms with E-state index in [1.165, 1.54) is 50.6 Å². The first-order valence-electron chi connectivity index (χ1n) is 8.40. The second-order valence-electron chi connectivity index (χ2n) is 7.21. The van der Waals surface area contributed by atoms with E-state index in [9.17, 15) is 10.2 Å². The maximum atomic E-state index is 9.19. The Morgan fingerprint density at radius 2 is 1.33 bits per heavy atom. The molecule has 0 unspecified atom stereocenters. The van der Waals surface area contributed by atoms with Crippen LogP contribution in [-0.2, 0) is 0 Å². The summed E-state index contributed by atoms with van der Waals surface area (Å²) in [6, 6.07) is 2.65. The molecule has 4 N–H and O–H groups in total. The summed E-state index contributed by atoms with van der Waals surface area (Å²) in [7, 11) is -1.12. The number of aliphatic hydroxyl groups excluding tert-OH is 2. The van der Waals surface area contributed by atoms with E-state index in [0.717, 1.165) is 12.8 Å². The molecular formula is C16H38ClNO2Si. The topological polar surface area (TPSA) is 66.5 Å². The van der Waals surface area contributed by atoms with E-state index < -0.39 is 13.6 Å². The van der Waals surface area contributed by atoms with Crippen molar-refractivity contribution in [3.63, 3.8) is 0 Å². The van der Waals surface area contributed by atoms with Crippen LogP contribution in [0.1, 0.15) is 58.3 Å². The van der Waals surface area contributed by atoms with Crippen LogP contribution in [0, 0.1) is 0 Å². The molecule has 0 aromatic rings. The van der Waals surface area contributed by atoms with E-state index in [0.29, 0.717) is 0 Å². The van der Waals surface area contributed by atoms with Crippen molar-refractivity contribution < 1.29 is 10.2 Å². The normalized spacial score (nSPS) is 12.3. The highest BCUT2D eigenvalue weighted by atomic mass is 35.5. The number of nitrogens with two attached hydrogens (primary N) is 1. The van der Waals surface area contributed by atoms with Gasteiger partial charge in [-0.2, -0.15) is 0 Å². The summed E-state index contributed by atoms with van der Waals surface area (Å²) in [6.07, 6.45) is 9.99. The van der Waals surface area contributed by atoms with Crippen molar-refractivity contribution >= 4 is 20.5 Å². The van der Waals surface area contributed by atoms with Crippen molar-refractivity contribution in [1.29, 1.82) is 0 Å². The summed E-state index contributed by atoms with van der Waals surface area (Å²) in [6.45, 7) is 6.92. The number of hydrogen-bond donors (Lipinski definition) is 3. The highest BCUT2D eigenvalue weighted by Gasteiger charge is 2.25. The second-order valence-corrected chi connectivity index (χ2v) is 12.5. The molecular weight excluding hydrogens is 302 g/mol. The molecule has 0 aliphatic heterocycles. The van der Waals surface area contributed by atoms with Crippen LogP contribution < -0.4 is 5.73 Å². The highest BCUT2D eigenvalue weighted by Crippen LogP contribution is 2.24. The van der Waals surface area contributed by atoms with Crippen molar-refractivity contribution in [3.05, 3.63) is 0 Å². The predicted molar refractivity (Wildman–Crippen MR) is 98.0 cm³/mol. The smallest absolute Gasteiger partial charge is 0.0633 e. The molecule has 0 rings (SSSR count). The van der Waals surface area contributed by atoms with Crippen molar-refractivity contribution in [2.75, 3.05) is 13.2 Å². The number of halogens is 1. The quantitative estimate of drug-likeness (QED) is 0.351. The molecule has 5 heteroatoms. The maximum Gasteiger partial charge on any atom is 0.0633 e. The van der Waals surface area contributed by atoms with Gasteiger partial charge in [0.05, 0.1) is 18.8 Å². The van der Waals surface area contributed by atoms with Gasteiger partial charge in [-0.1, -0.05) is 77.1 Å². The van der Waals surface area contributed by atoms with Gasteiger partial charge in [0.15, 0.2) is 0 Å². The first-order chi connectivity index (χ1) is 9.39. The predicted octanol–water partition coefficient (Wildman–Crippen LogP) is 3.94. The van der Waals surface area contributed by atoms with Gasteiger partial charge in [0.1, 0.15) is 0 Å². The van der Waals surface area contributed by atoms with Crippen LogP contribution in [0.2, 0.25) is 25.2 Å². The Morgan fingerprint density at radius 1 is 0.857 bits per heavy atom. The number of hydrogen-bond acceptors (Lipinski definition) is 3. The van der Waals surface area contributed by atoms with E-state index in [1.54, 1.807) is 0 Å². The van der Waals surface area contributed by atoms with Crippen LogP contribution >= 0.6 is 12.4 Å². The second kappa shape index (κ2) is 12.9. The summed E-state index contributed by atoms with van der Waals surface area (Å²) in [5, 5.41) is 18.4. The Labute approximate surface area is 139 Å². The molecule has 21 heavy (non-hydrogen) atoms. The van der Waals surface area contributed by atoms with E-state index >= 15 is 0 Å². The van der Waals surface area contributed by atoms with E-state index in [-0.39, 0.29) is 25.6 Å². The van der Waals surface area contributed by atoms with Crippen LogP contribution in [0.25, 0.3) is 0 Å². The van der Waals surface area contributed by atoms with Crippen LogP contribution in [0.5, 0.6) is 0 Å². The zero-order valence-corrected chi connectivity index (χ0v) is 16.2. The summed E-state index contributed by atoms with van der Waals surface area (Å²) < 4.78 is 0. The Morgan fingerprint density at radius 3 is 1.86 bits per heavy atom. The Kier molecular flexibility index (Phi) is 14.5. The van der Waals surface area contributed by atoms with Crippen molar-refractivity contribution in [2.24, 2.45) is 5.73 Å². The monoisotopic (exact) mass is 339 g/mol. The molecule has 3 nitrogen and oxygen atoms in total. The molecule has 0 aliphatic rings. The summed E-state index contributed by atoms with van der Waals surface area (Å²) >= 11 is 0. The highest BCUT2D eigenvalue weighted by molar-refractivity contribution is 6.77. The number of rotatable bonds is 13. The van der Waals surface area contributed by atoms with Crippen LogP contribution in [0.15, 0.2) is 0 Å². The van der Waals surface area contributed by atoms with Gasteiger partial charge in [-0.15, -0.1) is 12.4 Å². The molecule has 0 spiro atoms. The van der Waals surface area contributed by atoms with Crippen molar-refractivity contribution in [3.8, 4) is 0 Å². The molecule has 0 heterocycles. The van der Waals surface area contributed by atoms with Gasteiger partial charge in [0, 0.05) is 8.07 Å². The average Bonchev–Trinajstić information content (AvgIpc) is 2.42. The fraction of sp³-hybridized carbons (Fsp3) is 1.00. The van der Waals surface area contributed by atoms with Gasteiger partial charge in [0.25, 0.3) is 0 Å². The zero-order valence-electron chi connectivity index (χ0n) is 14.4. The van der Waals surface area contributed by atoms with Crippen LogP contribution in [-0.4, -0.2) is 37.0 Å². The first-order valence-corrected chi connectivity index (χ1v) is 11.8. The molecule has 0 aliphatic carbocycles. The van der Waals surface area contributed by atoms with Gasteiger partial charge >= 0.3 is 0 Å². The van der Waals surface area contributed by atoms with Gasteiger partial charge in [-0.05, 0) is 6.42 Å². The number of aliphatic hydroxyl groups is 2. The lowest BCUT2D eigenvalue weighted by Gasteiger charge is -2.27. The van der Waals surface area contributed by atoms with Gasteiger partial charge in [0.2, 0.25) is 0 Å². The molecule has 0 bridgehead atoms. The fourth-order valence-electron chi connectivity index (χ4n) is 2.64. The lowest BCUT2D eigenvalue weighted by molar-refractivity contribution is 0.114. The largest absolute Gasteiger partial charge is 0.394 e. The van der Waals surface area contributed by atoms with E-state index in [1.807, 2.05) is 0 Å². The Hall–Kier alpha value is 0.387. The zero-order chi connectivity index (χ0) is 15.5.